The summed E-state index contributed by atoms with van der Waals surface area (Å²) >= 11 is 12.3. The van der Waals surface area contributed by atoms with Crippen molar-refractivity contribution in [3.63, 3.8) is 0 Å². The van der Waals surface area contributed by atoms with Gasteiger partial charge in [0.15, 0.2) is 0 Å². The summed E-state index contributed by atoms with van der Waals surface area (Å²) in [5, 5.41) is 8.87. The van der Waals surface area contributed by atoms with Crippen LogP contribution in [0.15, 0.2) is 24.4 Å². The number of halogens is 2. The fraction of sp³-hybridized carbons (Fsp3) is 0.308. The normalized spacial score (nSPS) is 12.5. The molecule has 0 amide bonds. The lowest BCUT2D eigenvalue weighted by Crippen LogP contribution is -2.11. The van der Waals surface area contributed by atoms with Crippen molar-refractivity contribution in [1.82, 2.24) is 9.78 Å². The van der Waals surface area contributed by atoms with Gasteiger partial charge in [0, 0.05) is 18.3 Å². The van der Waals surface area contributed by atoms with Crippen molar-refractivity contribution in [2.24, 2.45) is 7.05 Å². The molecule has 1 heterocycles. The van der Waals surface area contributed by atoms with Gasteiger partial charge in [-0.2, -0.15) is 5.10 Å². The summed E-state index contributed by atoms with van der Waals surface area (Å²) in [6, 6.07) is 5.80. The Morgan fingerprint density at radius 3 is 2.61 bits per heavy atom. The first-order valence-electron chi connectivity index (χ1n) is 5.69. The average molecular weight is 284 g/mol. The number of hydrogen-bond donors (Lipinski definition) is 1. The highest BCUT2D eigenvalue weighted by Crippen LogP contribution is 2.31. The molecule has 2 rings (SSSR count). The van der Waals surface area contributed by atoms with Gasteiger partial charge in [-0.3, -0.25) is 4.68 Å². The molecule has 0 aliphatic rings. The Balaban J connectivity index is 2.24. The van der Waals surface area contributed by atoms with Gasteiger partial charge in [-0.05, 0) is 37.6 Å². The lowest BCUT2D eigenvalue weighted by Gasteiger charge is -2.17. The smallest absolute Gasteiger partial charge is 0.0654 e. The predicted octanol–water partition coefficient (Wildman–Crippen LogP) is 4.21. The molecule has 1 aromatic carbocycles. The molecule has 18 heavy (non-hydrogen) atoms. The molecular weight excluding hydrogens is 269 g/mol. The Morgan fingerprint density at radius 1 is 1.28 bits per heavy atom. The molecule has 1 atom stereocenters. The molecule has 0 aliphatic carbocycles. The Kier molecular flexibility index (Phi) is 3.83. The molecule has 1 N–H and O–H groups in total. The number of nitrogens with one attached hydrogen (secondary N) is 1. The third-order valence-electron chi connectivity index (χ3n) is 2.92. The maximum absolute atomic E-state index is 6.20. The van der Waals surface area contributed by atoms with Crippen LogP contribution in [-0.2, 0) is 7.05 Å². The van der Waals surface area contributed by atoms with E-state index < -0.39 is 0 Å². The average Bonchev–Trinajstić information content (AvgIpc) is 2.72. The lowest BCUT2D eigenvalue weighted by atomic mass is 10.2. The zero-order valence-electron chi connectivity index (χ0n) is 10.5. The van der Waals surface area contributed by atoms with Gasteiger partial charge in [-0.1, -0.05) is 23.2 Å². The van der Waals surface area contributed by atoms with Crippen molar-refractivity contribution in [2.45, 2.75) is 19.9 Å². The van der Waals surface area contributed by atoms with Crippen LogP contribution in [0.25, 0.3) is 0 Å². The van der Waals surface area contributed by atoms with Crippen molar-refractivity contribution < 1.29 is 0 Å². The van der Waals surface area contributed by atoms with Crippen LogP contribution in [0.2, 0.25) is 10.0 Å². The second-order valence-electron chi connectivity index (χ2n) is 4.33. The summed E-state index contributed by atoms with van der Waals surface area (Å²) in [6.07, 6.45) is 1.78. The van der Waals surface area contributed by atoms with Crippen LogP contribution in [0, 0.1) is 6.92 Å². The monoisotopic (exact) mass is 283 g/mol. The molecule has 0 saturated carbocycles. The summed E-state index contributed by atoms with van der Waals surface area (Å²) in [4.78, 5) is 0. The first-order chi connectivity index (χ1) is 8.49. The second kappa shape index (κ2) is 5.21. The summed E-state index contributed by atoms with van der Waals surface area (Å²) < 4.78 is 1.83. The fourth-order valence-corrected chi connectivity index (χ4v) is 2.31. The molecule has 1 unspecified atom stereocenters. The van der Waals surface area contributed by atoms with Crippen LogP contribution >= 0.6 is 23.2 Å². The molecule has 96 valence electrons. The third-order valence-corrected chi connectivity index (χ3v) is 3.64. The largest absolute Gasteiger partial charge is 0.376 e. The van der Waals surface area contributed by atoms with Gasteiger partial charge in [0.25, 0.3) is 0 Å². The zero-order valence-corrected chi connectivity index (χ0v) is 12.0. The van der Waals surface area contributed by atoms with Crippen LogP contribution in [0.1, 0.15) is 24.2 Å². The third kappa shape index (κ3) is 2.62. The number of aromatic nitrogens is 2. The minimum Gasteiger partial charge on any atom is -0.376 e. The van der Waals surface area contributed by atoms with E-state index in [9.17, 15) is 0 Å². The molecule has 0 saturated heterocycles. The standard InChI is InChI=1S/C13H15Cl2N3/c1-8-6-11(15)12(7-10(8)14)17-9(2)13-4-5-16-18(13)3/h4-7,9,17H,1-3H3. The molecule has 2 aromatic rings. The number of nitrogens with zero attached hydrogens (tertiary/aromatic N) is 2. The van der Waals surface area contributed by atoms with Gasteiger partial charge in [0.2, 0.25) is 0 Å². The molecule has 0 aliphatic heterocycles. The Morgan fingerprint density at radius 2 is 2.00 bits per heavy atom. The van der Waals surface area contributed by atoms with Crippen LogP contribution in [0.4, 0.5) is 5.69 Å². The van der Waals surface area contributed by atoms with E-state index in [0.717, 1.165) is 16.9 Å². The van der Waals surface area contributed by atoms with Gasteiger partial charge in [-0.25, -0.2) is 0 Å². The Hall–Kier alpha value is -1.19. The number of hydrogen-bond acceptors (Lipinski definition) is 2. The first kappa shape index (κ1) is 13.2. The minimum atomic E-state index is 0.105. The molecule has 0 radical (unpaired) electrons. The van der Waals surface area contributed by atoms with Gasteiger partial charge in [0.1, 0.15) is 0 Å². The molecule has 0 fully saturated rings. The number of anilines is 1. The Bertz CT molecular complexity index is 563. The van der Waals surface area contributed by atoms with E-state index in [0.29, 0.717) is 10.0 Å². The van der Waals surface area contributed by atoms with Crippen molar-refractivity contribution in [2.75, 3.05) is 5.32 Å². The van der Waals surface area contributed by atoms with Gasteiger partial charge in [0.05, 0.1) is 22.4 Å². The molecule has 1 aromatic heterocycles. The molecule has 0 spiro atoms. The van der Waals surface area contributed by atoms with Gasteiger partial charge in [-0.15, -0.1) is 0 Å². The van der Waals surface area contributed by atoms with E-state index >= 15 is 0 Å². The zero-order chi connectivity index (χ0) is 13.3. The Labute approximate surface area is 117 Å². The van der Waals surface area contributed by atoms with E-state index in [1.54, 1.807) is 6.20 Å². The summed E-state index contributed by atoms with van der Waals surface area (Å²) in [5.74, 6) is 0. The highest BCUT2D eigenvalue weighted by Gasteiger charge is 2.12. The summed E-state index contributed by atoms with van der Waals surface area (Å²) in [7, 11) is 1.91. The molecular formula is C13H15Cl2N3. The fourth-order valence-electron chi connectivity index (χ4n) is 1.87. The van der Waals surface area contributed by atoms with Gasteiger partial charge >= 0.3 is 0 Å². The van der Waals surface area contributed by atoms with Crippen LogP contribution in [-0.4, -0.2) is 9.78 Å². The quantitative estimate of drug-likeness (QED) is 0.915. The highest BCUT2D eigenvalue weighted by atomic mass is 35.5. The minimum absolute atomic E-state index is 0.105. The van der Waals surface area contributed by atoms with E-state index in [1.165, 1.54) is 0 Å². The van der Waals surface area contributed by atoms with E-state index in [-0.39, 0.29) is 6.04 Å². The second-order valence-corrected chi connectivity index (χ2v) is 5.14. The number of rotatable bonds is 3. The first-order valence-corrected chi connectivity index (χ1v) is 6.44. The molecule has 5 heteroatoms. The van der Waals surface area contributed by atoms with Gasteiger partial charge < -0.3 is 5.32 Å². The summed E-state index contributed by atoms with van der Waals surface area (Å²) in [6.45, 7) is 3.99. The van der Waals surface area contributed by atoms with Crippen molar-refractivity contribution in [3.05, 3.63) is 45.7 Å². The molecule has 0 bridgehead atoms. The number of aryl methyl sites for hydroxylation is 2. The van der Waals surface area contributed by atoms with E-state index in [1.807, 2.05) is 36.9 Å². The van der Waals surface area contributed by atoms with Crippen LogP contribution in [0.3, 0.4) is 0 Å². The lowest BCUT2D eigenvalue weighted by molar-refractivity contribution is 0.676. The topological polar surface area (TPSA) is 29.9 Å². The summed E-state index contributed by atoms with van der Waals surface area (Å²) in [5.41, 5.74) is 2.89. The van der Waals surface area contributed by atoms with Crippen LogP contribution < -0.4 is 5.32 Å². The molecule has 3 nitrogen and oxygen atoms in total. The van der Waals surface area contributed by atoms with Crippen molar-refractivity contribution in [1.29, 1.82) is 0 Å². The highest BCUT2D eigenvalue weighted by molar-refractivity contribution is 6.35. The van der Waals surface area contributed by atoms with E-state index in [4.69, 9.17) is 23.2 Å². The number of benzene rings is 1. The van der Waals surface area contributed by atoms with E-state index in [2.05, 4.69) is 17.3 Å². The maximum Gasteiger partial charge on any atom is 0.0654 e. The van der Waals surface area contributed by atoms with Crippen molar-refractivity contribution in [3.8, 4) is 0 Å². The van der Waals surface area contributed by atoms with Crippen molar-refractivity contribution >= 4 is 28.9 Å². The maximum atomic E-state index is 6.20. The SMILES string of the molecule is Cc1cc(Cl)c(NC(C)c2ccnn2C)cc1Cl. The van der Waals surface area contributed by atoms with Crippen LogP contribution in [0.5, 0.6) is 0 Å². The predicted molar refractivity (Wildman–Crippen MR) is 76.4 cm³/mol.